The molecule has 1 unspecified atom stereocenters. The number of nitrogens with zero attached hydrogens (tertiary/aromatic N) is 4. The largest absolute Gasteiger partial charge is 0.481 e. The van der Waals surface area contributed by atoms with Gasteiger partial charge in [0.1, 0.15) is 18.0 Å². The summed E-state index contributed by atoms with van der Waals surface area (Å²) < 4.78 is 5.33. The molecule has 2 saturated heterocycles. The van der Waals surface area contributed by atoms with Gasteiger partial charge in [0.05, 0.1) is 25.9 Å². The Labute approximate surface area is 145 Å². The molecule has 0 aromatic carbocycles. The smallest absolute Gasteiger partial charge is 0.303 e. The third-order valence-corrected chi connectivity index (χ3v) is 4.82. The second-order valence-corrected chi connectivity index (χ2v) is 6.42. The van der Waals surface area contributed by atoms with Gasteiger partial charge in [0.25, 0.3) is 0 Å². The fourth-order valence-electron chi connectivity index (χ4n) is 3.42. The van der Waals surface area contributed by atoms with Crippen LogP contribution in [0.3, 0.4) is 0 Å². The lowest BCUT2D eigenvalue weighted by Gasteiger charge is -2.53. The van der Waals surface area contributed by atoms with Crippen molar-refractivity contribution in [3.05, 3.63) is 24.2 Å². The van der Waals surface area contributed by atoms with Gasteiger partial charge in [0.15, 0.2) is 0 Å². The van der Waals surface area contributed by atoms with E-state index < -0.39 is 12.0 Å². The lowest BCUT2D eigenvalue weighted by Crippen LogP contribution is -2.73. The number of amides is 2. The van der Waals surface area contributed by atoms with Crippen molar-refractivity contribution in [2.24, 2.45) is 0 Å². The van der Waals surface area contributed by atoms with Crippen molar-refractivity contribution in [2.45, 2.75) is 31.6 Å². The summed E-state index contributed by atoms with van der Waals surface area (Å²) >= 11 is 0. The number of aliphatic carboxylic acids is 1. The highest BCUT2D eigenvalue weighted by Crippen LogP contribution is 2.27. The Balaban J connectivity index is 1.87. The van der Waals surface area contributed by atoms with Crippen LogP contribution in [0.1, 0.15) is 18.6 Å². The van der Waals surface area contributed by atoms with Crippen molar-refractivity contribution >= 4 is 17.8 Å². The van der Waals surface area contributed by atoms with E-state index in [9.17, 15) is 14.4 Å². The minimum Gasteiger partial charge on any atom is -0.481 e. The number of carboxylic acids is 1. The zero-order valence-electron chi connectivity index (χ0n) is 14.3. The number of piperazine rings is 1. The van der Waals surface area contributed by atoms with Crippen LogP contribution in [0.25, 0.3) is 0 Å². The molecule has 2 aliphatic rings. The fraction of sp³-hybridized carbons (Fsp3) is 0.562. The predicted octanol–water partition coefficient (Wildman–Crippen LogP) is -0.198. The summed E-state index contributed by atoms with van der Waals surface area (Å²) in [4.78, 5) is 39.6. The first-order valence-corrected chi connectivity index (χ1v) is 8.16. The Morgan fingerprint density at radius 1 is 1.36 bits per heavy atom. The molecule has 2 aliphatic heterocycles. The second kappa shape index (κ2) is 6.85. The molecule has 2 amide bonds. The summed E-state index contributed by atoms with van der Waals surface area (Å²) in [6.07, 6.45) is 1.16. The molecule has 3 heterocycles. The second-order valence-electron chi connectivity index (χ2n) is 6.42. The molecule has 0 aliphatic carbocycles. The van der Waals surface area contributed by atoms with Crippen LogP contribution in [0.15, 0.2) is 22.8 Å². The van der Waals surface area contributed by atoms with Crippen LogP contribution >= 0.6 is 0 Å². The quantitative estimate of drug-likeness (QED) is 0.785. The summed E-state index contributed by atoms with van der Waals surface area (Å²) in [6, 6.07) is 2.77. The molecule has 2 atom stereocenters. The number of likely N-dealkylation sites (N-methyl/N-ethyl adjacent to an activating group) is 2. The number of hydrazine groups is 1. The molecule has 1 aromatic rings. The standard InChI is InChI=1S/C16H22N4O5/c1-17-10-14(21)20-12(5-6-15(22)23)16(24)19(9-13(20)18(17)2)8-11-4-3-7-25-11/h3-4,7,12-13H,5-6,8-10H2,1-2H3,(H,22,23)/t12?,13-/m1/s1. The maximum Gasteiger partial charge on any atom is 0.303 e. The van der Waals surface area contributed by atoms with Crippen molar-refractivity contribution in [3.8, 4) is 0 Å². The number of hydrogen-bond donors (Lipinski definition) is 1. The van der Waals surface area contributed by atoms with Crippen molar-refractivity contribution in [2.75, 3.05) is 27.2 Å². The molecule has 0 radical (unpaired) electrons. The van der Waals surface area contributed by atoms with Gasteiger partial charge >= 0.3 is 5.97 Å². The Morgan fingerprint density at radius 2 is 2.12 bits per heavy atom. The van der Waals surface area contributed by atoms with Crippen LogP contribution in [-0.4, -0.2) is 82.1 Å². The van der Waals surface area contributed by atoms with Gasteiger partial charge in [-0.1, -0.05) is 0 Å². The van der Waals surface area contributed by atoms with E-state index >= 15 is 0 Å². The molecule has 136 valence electrons. The molecule has 25 heavy (non-hydrogen) atoms. The molecule has 9 heteroatoms. The van der Waals surface area contributed by atoms with Gasteiger partial charge < -0.3 is 19.3 Å². The lowest BCUT2D eigenvalue weighted by atomic mass is 10.0. The van der Waals surface area contributed by atoms with Crippen molar-refractivity contribution in [3.63, 3.8) is 0 Å². The van der Waals surface area contributed by atoms with Gasteiger partial charge in [0.2, 0.25) is 11.8 Å². The van der Waals surface area contributed by atoms with Crippen LogP contribution in [0.2, 0.25) is 0 Å². The van der Waals surface area contributed by atoms with Gasteiger partial charge in [-0.05, 0) is 18.6 Å². The van der Waals surface area contributed by atoms with E-state index in [0.717, 1.165) is 0 Å². The maximum atomic E-state index is 12.9. The first kappa shape index (κ1) is 17.4. The molecule has 9 nitrogen and oxygen atoms in total. The highest BCUT2D eigenvalue weighted by Gasteiger charge is 2.48. The number of carboxylic acid groups (broad SMARTS) is 1. The summed E-state index contributed by atoms with van der Waals surface area (Å²) in [7, 11) is 3.67. The highest BCUT2D eigenvalue weighted by molar-refractivity contribution is 5.90. The average Bonchev–Trinajstić information content (AvgIpc) is 3.05. The first-order chi connectivity index (χ1) is 11.9. The van der Waals surface area contributed by atoms with Gasteiger partial charge in [-0.25, -0.2) is 10.0 Å². The predicted molar refractivity (Wildman–Crippen MR) is 85.8 cm³/mol. The van der Waals surface area contributed by atoms with Gasteiger partial charge in [0, 0.05) is 20.5 Å². The van der Waals surface area contributed by atoms with Crippen LogP contribution in [-0.2, 0) is 20.9 Å². The van der Waals surface area contributed by atoms with E-state index in [-0.39, 0.29) is 37.4 Å². The van der Waals surface area contributed by atoms with E-state index in [2.05, 4.69) is 0 Å². The van der Waals surface area contributed by atoms with Crippen LogP contribution < -0.4 is 0 Å². The molecule has 2 fully saturated rings. The fourth-order valence-corrected chi connectivity index (χ4v) is 3.42. The number of carbonyl (C=O) groups is 3. The summed E-state index contributed by atoms with van der Waals surface area (Å²) in [5, 5.41) is 12.7. The van der Waals surface area contributed by atoms with Crippen molar-refractivity contribution < 1.29 is 23.9 Å². The van der Waals surface area contributed by atoms with Gasteiger partial charge in [-0.2, -0.15) is 0 Å². The zero-order valence-corrected chi connectivity index (χ0v) is 14.3. The van der Waals surface area contributed by atoms with Gasteiger partial charge in [-0.15, -0.1) is 0 Å². The summed E-state index contributed by atoms with van der Waals surface area (Å²) in [6.45, 7) is 0.809. The van der Waals surface area contributed by atoms with E-state index in [4.69, 9.17) is 9.52 Å². The van der Waals surface area contributed by atoms with Crippen LogP contribution in [0.4, 0.5) is 0 Å². The van der Waals surface area contributed by atoms with Crippen molar-refractivity contribution in [1.29, 1.82) is 0 Å². The van der Waals surface area contributed by atoms with Crippen molar-refractivity contribution in [1.82, 2.24) is 19.8 Å². The summed E-state index contributed by atoms with van der Waals surface area (Å²) in [5.74, 6) is -0.730. The molecular weight excluding hydrogens is 328 g/mol. The maximum absolute atomic E-state index is 12.9. The van der Waals surface area contributed by atoms with E-state index in [0.29, 0.717) is 18.8 Å². The molecule has 0 saturated carbocycles. The minimum atomic E-state index is -0.984. The molecular formula is C16H22N4O5. The normalized spacial score (nSPS) is 25.4. The number of fused-ring (bicyclic) bond motifs is 1. The Morgan fingerprint density at radius 3 is 2.76 bits per heavy atom. The number of carbonyl (C=O) groups excluding carboxylic acids is 2. The van der Waals surface area contributed by atoms with E-state index in [1.165, 1.54) is 0 Å². The Hall–Kier alpha value is -2.39. The van der Waals surface area contributed by atoms with Crippen LogP contribution in [0, 0.1) is 0 Å². The van der Waals surface area contributed by atoms with E-state index in [1.54, 1.807) is 33.2 Å². The minimum absolute atomic E-state index is 0.0998. The molecule has 1 aromatic heterocycles. The Kier molecular flexibility index (Phi) is 4.78. The topological polar surface area (TPSA) is 97.5 Å². The third-order valence-electron chi connectivity index (χ3n) is 4.82. The number of hydrogen-bond acceptors (Lipinski definition) is 6. The van der Waals surface area contributed by atoms with Crippen LogP contribution in [0.5, 0.6) is 0 Å². The number of rotatable bonds is 5. The summed E-state index contributed by atoms with van der Waals surface area (Å²) in [5.41, 5.74) is 0. The number of furan rings is 1. The van der Waals surface area contributed by atoms with E-state index in [1.807, 2.05) is 19.1 Å². The van der Waals surface area contributed by atoms with Gasteiger partial charge in [-0.3, -0.25) is 14.4 Å². The average molecular weight is 350 g/mol. The molecule has 3 rings (SSSR count). The SMILES string of the molecule is CN1CC(=O)N2C(CCC(=O)O)C(=O)N(Cc3ccco3)C[C@@H]2N1C. The molecule has 1 N–H and O–H groups in total. The Bertz CT molecular complexity index is 661. The molecule has 0 bridgehead atoms. The third kappa shape index (κ3) is 3.38. The molecule has 0 spiro atoms. The lowest BCUT2D eigenvalue weighted by molar-refractivity contribution is -0.194. The monoisotopic (exact) mass is 350 g/mol. The zero-order chi connectivity index (χ0) is 18.1. The first-order valence-electron chi connectivity index (χ1n) is 8.16. The highest BCUT2D eigenvalue weighted by atomic mass is 16.4.